The fourth-order valence-corrected chi connectivity index (χ4v) is 1.62. The maximum absolute atomic E-state index is 10.5. The first-order chi connectivity index (χ1) is 10.1. The zero-order chi connectivity index (χ0) is 15.5. The van der Waals surface area contributed by atoms with Crippen LogP contribution in [0.4, 0.5) is 0 Å². The molecule has 0 aliphatic carbocycles. The van der Waals surface area contributed by atoms with Crippen molar-refractivity contribution in [2.45, 2.75) is 19.4 Å². The topological polar surface area (TPSA) is 85.2 Å². The molecule has 0 radical (unpaired) electrons. The van der Waals surface area contributed by atoms with Gasteiger partial charge in [-0.05, 0) is 24.6 Å². The van der Waals surface area contributed by atoms with Crippen LogP contribution in [0.25, 0.3) is 0 Å². The van der Waals surface area contributed by atoms with Crippen molar-refractivity contribution in [3.8, 4) is 5.75 Å². The van der Waals surface area contributed by atoms with Gasteiger partial charge in [-0.2, -0.15) is 0 Å². The minimum atomic E-state index is -1.38. The second kappa shape index (κ2) is 10.1. The minimum Gasteiger partial charge on any atom is -0.491 e. The van der Waals surface area contributed by atoms with Gasteiger partial charge >= 0.3 is 5.97 Å². The lowest BCUT2D eigenvalue weighted by atomic mass is 10.1. The summed E-state index contributed by atoms with van der Waals surface area (Å²) in [5.41, 5.74) is 0.741. The van der Waals surface area contributed by atoms with E-state index in [4.69, 9.17) is 19.3 Å². The Labute approximate surface area is 124 Å². The van der Waals surface area contributed by atoms with Crippen LogP contribution < -0.4 is 4.74 Å². The molecule has 1 atom stereocenters. The molecule has 1 rings (SSSR count). The number of hydrogen-bond donors (Lipinski definition) is 2. The largest absolute Gasteiger partial charge is 0.491 e. The summed E-state index contributed by atoms with van der Waals surface area (Å²) in [7, 11) is 0. The molecule has 6 heteroatoms. The fraction of sp³-hybridized carbons (Fsp3) is 0.533. The van der Waals surface area contributed by atoms with Gasteiger partial charge in [0.15, 0.2) is 6.10 Å². The van der Waals surface area contributed by atoms with Crippen molar-refractivity contribution in [3.63, 3.8) is 0 Å². The van der Waals surface area contributed by atoms with Gasteiger partial charge in [-0.3, -0.25) is 0 Å². The maximum atomic E-state index is 10.5. The first-order valence-electron chi connectivity index (χ1n) is 6.91. The highest BCUT2D eigenvalue weighted by atomic mass is 16.5. The van der Waals surface area contributed by atoms with Gasteiger partial charge in [0.1, 0.15) is 12.4 Å². The average Bonchev–Trinajstić information content (AvgIpc) is 2.48. The number of aliphatic hydroxyl groups is 1. The second-order valence-electron chi connectivity index (χ2n) is 4.36. The molecule has 118 valence electrons. The van der Waals surface area contributed by atoms with E-state index in [0.717, 1.165) is 5.56 Å². The molecule has 0 heterocycles. The number of ether oxygens (including phenoxy) is 3. The Morgan fingerprint density at radius 3 is 2.33 bits per heavy atom. The Morgan fingerprint density at radius 1 is 1.10 bits per heavy atom. The van der Waals surface area contributed by atoms with Crippen molar-refractivity contribution in [2.75, 3.05) is 33.0 Å². The van der Waals surface area contributed by atoms with E-state index in [2.05, 4.69) is 0 Å². The van der Waals surface area contributed by atoms with Gasteiger partial charge in [0.2, 0.25) is 0 Å². The van der Waals surface area contributed by atoms with Crippen LogP contribution in [0.15, 0.2) is 24.3 Å². The van der Waals surface area contributed by atoms with E-state index in [1.54, 1.807) is 24.3 Å². The van der Waals surface area contributed by atoms with Gasteiger partial charge in [-0.15, -0.1) is 0 Å². The van der Waals surface area contributed by atoms with Crippen molar-refractivity contribution >= 4 is 5.97 Å². The molecule has 2 N–H and O–H groups in total. The van der Waals surface area contributed by atoms with Crippen LogP contribution in [0, 0.1) is 0 Å². The highest BCUT2D eigenvalue weighted by molar-refractivity contribution is 5.72. The van der Waals surface area contributed by atoms with Gasteiger partial charge in [-0.1, -0.05) is 12.1 Å². The number of carboxylic acid groups (broad SMARTS) is 1. The molecule has 0 saturated carbocycles. The number of carbonyl (C=O) groups is 1. The lowest BCUT2D eigenvalue weighted by Crippen LogP contribution is -2.21. The lowest BCUT2D eigenvalue weighted by Gasteiger charge is -2.09. The molecule has 1 aromatic carbocycles. The summed E-state index contributed by atoms with van der Waals surface area (Å²) in [4.78, 5) is 10.5. The smallest absolute Gasteiger partial charge is 0.332 e. The zero-order valence-corrected chi connectivity index (χ0v) is 12.2. The Hall–Kier alpha value is -1.63. The predicted octanol–water partition coefficient (Wildman–Crippen LogP) is 1.11. The summed E-state index contributed by atoms with van der Waals surface area (Å²) >= 11 is 0. The highest BCUT2D eigenvalue weighted by Gasteiger charge is 2.13. The van der Waals surface area contributed by atoms with Gasteiger partial charge in [0.05, 0.1) is 19.8 Å². The van der Waals surface area contributed by atoms with E-state index in [0.29, 0.717) is 38.8 Å². The lowest BCUT2D eigenvalue weighted by molar-refractivity contribution is -0.146. The molecule has 21 heavy (non-hydrogen) atoms. The molecule has 0 unspecified atom stereocenters. The molecule has 0 aliphatic rings. The van der Waals surface area contributed by atoms with Crippen LogP contribution in [0.5, 0.6) is 5.75 Å². The molecular formula is C15H22O6. The molecule has 0 aromatic heterocycles. The van der Waals surface area contributed by atoms with E-state index in [9.17, 15) is 9.90 Å². The van der Waals surface area contributed by atoms with Gasteiger partial charge in [0.25, 0.3) is 0 Å². The Morgan fingerprint density at radius 2 is 1.71 bits per heavy atom. The number of benzene rings is 1. The second-order valence-corrected chi connectivity index (χ2v) is 4.36. The van der Waals surface area contributed by atoms with Gasteiger partial charge in [0, 0.05) is 13.0 Å². The van der Waals surface area contributed by atoms with E-state index in [1.165, 1.54) is 0 Å². The van der Waals surface area contributed by atoms with Crippen molar-refractivity contribution in [1.29, 1.82) is 0 Å². The quantitative estimate of drug-likeness (QED) is 0.595. The summed E-state index contributed by atoms with van der Waals surface area (Å²) in [6.45, 7) is 4.65. The zero-order valence-electron chi connectivity index (χ0n) is 12.2. The van der Waals surface area contributed by atoms with E-state index >= 15 is 0 Å². The monoisotopic (exact) mass is 298 g/mol. The van der Waals surface area contributed by atoms with Gasteiger partial charge < -0.3 is 24.4 Å². The first-order valence-corrected chi connectivity index (χ1v) is 6.91. The fourth-order valence-electron chi connectivity index (χ4n) is 1.62. The van der Waals surface area contributed by atoms with Crippen molar-refractivity contribution in [1.82, 2.24) is 0 Å². The molecule has 0 fully saturated rings. The Kier molecular flexibility index (Phi) is 8.42. The van der Waals surface area contributed by atoms with Crippen LogP contribution in [0.1, 0.15) is 12.5 Å². The van der Waals surface area contributed by atoms with Crippen molar-refractivity contribution < 1.29 is 29.2 Å². The number of rotatable bonds is 11. The average molecular weight is 298 g/mol. The molecule has 0 bridgehead atoms. The molecular weight excluding hydrogens is 276 g/mol. The van der Waals surface area contributed by atoms with Crippen molar-refractivity contribution in [3.05, 3.63) is 29.8 Å². The van der Waals surface area contributed by atoms with Gasteiger partial charge in [-0.25, -0.2) is 4.79 Å². The Balaban J connectivity index is 2.20. The van der Waals surface area contributed by atoms with Crippen LogP contribution in [-0.4, -0.2) is 55.3 Å². The normalized spacial score (nSPS) is 12.1. The molecule has 0 spiro atoms. The highest BCUT2D eigenvalue weighted by Crippen LogP contribution is 2.13. The van der Waals surface area contributed by atoms with Crippen LogP contribution in [-0.2, 0) is 20.7 Å². The standard InChI is InChI=1S/C15H22O6/c1-2-19-7-8-20-9-10-21-13-5-3-12(4-6-13)11-14(16)15(17)18/h3-6,14,16H,2,7-11H2,1H3,(H,17,18)/t14-/m0/s1. The summed E-state index contributed by atoms with van der Waals surface area (Å²) in [5.74, 6) is -0.545. The molecule has 0 aliphatic heterocycles. The SMILES string of the molecule is CCOCCOCCOc1ccc(C[C@H](O)C(=O)O)cc1. The number of hydrogen-bond acceptors (Lipinski definition) is 5. The predicted molar refractivity (Wildman–Crippen MR) is 76.6 cm³/mol. The van der Waals surface area contributed by atoms with Crippen LogP contribution in [0.3, 0.4) is 0 Å². The number of carboxylic acids is 1. The van der Waals surface area contributed by atoms with E-state index < -0.39 is 12.1 Å². The number of aliphatic carboxylic acids is 1. The van der Waals surface area contributed by atoms with Crippen LogP contribution >= 0.6 is 0 Å². The van der Waals surface area contributed by atoms with E-state index in [-0.39, 0.29) is 6.42 Å². The van der Waals surface area contributed by atoms with Crippen LogP contribution in [0.2, 0.25) is 0 Å². The molecule has 6 nitrogen and oxygen atoms in total. The summed E-state index contributed by atoms with van der Waals surface area (Å²) in [5, 5.41) is 17.9. The number of aliphatic hydroxyl groups excluding tert-OH is 1. The third kappa shape index (κ3) is 7.65. The third-order valence-electron chi connectivity index (χ3n) is 2.71. The molecule has 1 aromatic rings. The minimum absolute atomic E-state index is 0.0795. The Bertz CT molecular complexity index is 403. The first kappa shape index (κ1) is 17.4. The van der Waals surface area contributed by atoms with Crippen molar-refractivity contribution in [2.24, 2.45) is 0 Å². The molecule has 0 saturated heterocycles. The maximum Gasteiger partial charge on any atom is 0.332 e. The summed E-state index contributed by atoms with van der Waals surface area (Å²) in [6, 6.07) is 6.95. The third-order valence-corrected chi connectivity index (χ3v) is 2.71. The summed E-state index contributed by atoms with van der Waals surface area (Å²) in [6.07, 6.45) is -1.30. The summed E-state index contributed by atoms with van der Waals surface area (Å²) < 4.78 is 15.9. The molecule has 0 amide bonds. The van der Waals surface area contributed by atoms with E-state index in [1.807, 2.05) is 6.92 Å².